The van der Waals surface area contributed by atoms with Crippen molar-refractivity contribution in [3.63, 3.8) is 0 Å². The first-order valence-electron chi connectivity index (χ1n) is 8.01. The molecule has 3 nitrogen and oxygen atoms in total. The third-order valence-corrected chi connectivity index (χ3v) is 3.81. The molecule has 0 N–H and O–H groups in total. The molecule has 1 aromatic heterocycles. The van der Waals surface area contributed by atoms with E-state index in [1.807, 2.05) is 29.8 Å². The van der Waals surface area contributed by atoms with Gasteiger partial charge >= 0.3 is 0 Å². The van der Waals surface area contributed by atoms with Crippen LogP contribution in [0, 0.1) is 0 Å². The zero-order valence-corrected chi connectivity index (χ0v) is 13.2. The van der Waals surface area contributed by atoms with Gasteiger partial charge in [-0.1, -0.05) is 25.5 Å². The minimum Gasteiger partial charge on any atom is -0.494 e. The Bertz CT molecular complexity index is 744. The lowest BCUT2D eigenvalue weighted by Gasteiger charge is -2.03. The normalized spacial score (nSPS) is 11.0. The van der Waals surface area contributed by atoms with Crippen LogP contribution in [0.2, 0.25) is 0 Å². The first-order chi connectivity index (χ1) is 10.8. The van der Waals surface area contributed by atoms with Crippen LogP contribution in [0.3, 0.4) is 0 Å². The van der Waals surface area contributed by atoms with Crippen molar-refractivity contribution >= 4 is 10.9 Å². The molecule has 3 aromatic rings. The van der Waals surface area contributed by atoms with Gasteiger partial charge in [-0.15, -0.1) is 0 Å². The molecule has 0 fully saturated rings. The predicted octanol–water partition coefficient (Wildman–Crippen LogP) is 4.77. The fraction of sp³-hybridized carbons (Fsp3) is 0.316. The van der Waals surface area contributed by atoms with E-state index in [9.17, 15) is 0 Å². The van der Waals surface area contributed by atoms with Crippen LogP contribution in [0.25, 0.3) is 16.6 Å². The van der Waals surface area contributed by atoms with Gasteiger partial charge in [0.05, 0.1) is 17.8 Å². The Morgan fingerprint density at radius 3 is 2.59 bits per heavy atom. The van der Waals surface area contributed by atoms with Gasteiger partial charge in [-0.3, -0.25) is 0 Å². The molecule has 0 atom stereocenters. The topological polar surface area (TPSA) is 27.1 Å². The van der Waals surface area contributed by atoms with E-state index in [4.69, 9.17) is 4.74 Å². The van der Waals surface area contributed by atoms with E-state index in [1.54, 1.807) is 0 Å². The summed E-state index contributed by atoms with van der Waals surface area (Å²) in [6, 6.07) is 14.7. The highest BCUT2D eigenvalue weighted by molar-refractivity contribution is 5.80. The molecule has 0 aliphatic heterocycles. The average molecular weight is 294 g/mol. The molecule has 0 amide bonds. The molecule has 0 saturated carbocycles. The summed E-state index contributed by atoms with van der Waals surface area (Å²) in [5.74, 6) is 0.893. The molecule has 0 radical (unpaired) electrons. The molecule has 2 aromatic carbocycles. The lowest BCUT2D eigenvalue weighted by molar-refractivity contribution is 0.341. The number of rotatable bonds is 6. The van der Waals surface area contributed by atoms with Crippen molar-refractivity contribution in [3.05, 3.63) is 54.2 Å². The Labute approximate surface area is 131 Å². The van der Waals surface area contributed by atoms with Gasteiger partial charge in [0.2, 0.25) is 0 Å². The molecule has 3 heteroatoms. The summed E-state index contributed by atoms with van der Waals surface area (Å²) >= 11 is 0. The van der Waals surface area contributed by atoms with E-state index < -0.39 is 0 Å². The number of unbranched alkanes of at least 4 members (excludes halogenated alkanes) is 1. The van der Waals surface area contributed by atoms with Crippen LogP contribution in [0.1, 0.15) is 32.3 Å². The maximum atomic E-state index is 5.55. The van der Waals surface area contributed by atoms with Gasteiger partial charge in [-0.2, -0.15) is 5.10 Å². The fourth-order valence-corrected chi connectivity index (χ4v) is 2.59. The number of ether oxygens (including phenoxy) is 1. The molecule has 0 bridgehead atoms. The third-order valence-electron chi connectivity index (χ3n) is 3.81. The van der Waals surface area contributed by atoms with E-state index in [0.29, 0.717) is 6.61 Å². The summed E-state index contributed by atoms with van der Waals surface area (Å²) in [6.45, 7) is 4.90. The maximum Gasteiger partial charge on any atom is 0.120 e. The second-order valence-electron chi connectivity index (χ2n) is 5.50. The van der Waals surface area contributed by atoms with Gasteiger partial charge < -0.3 is 4.74 Å². The van der Waals surface area contributed by atoms with Crippen molar-refractivity contribution in [2.45, 2.75) is 33.1 Å². The quantitative estimate of drug-likeness (QED) is 0.655. The van der Waals surface area contributed by atoms with Crippen LogP contribution in [0.15, 0.2) is 48.7 Å². The van der Waals surface area contributed by atoms with Crippen molar-refractivity contribution in [1.29, 1.82) is 0 Å². The van der Waals surface area contributed by atoms with Crippen LogP contribution < -0.4 is 4.74 Å². The summed E-state index contributed by atoms with van der Waals surface area (Å²) < 4.78 is 7.48. The van der Waals surface area contributed by atoms with Crippen molar-refractivity contribution in [2.24, 2.45) is 0 Å². The van der Waals surface area contributed by atoms with Gasteiger partial charge in [0.25, 0.3) is 0 Å². The summed E-state index contributed by atoms with van der Waals surface area (Å²) in [5.41, 5.74) is 3.47. The van der Waals surface area contributed by atoms with Crippen LogP contribution in [0.4, 0.5) is 0 Å². The van der Waals surface area contributed by atoms with Gasteiger partial charge in [0.1, 0.15) is 5.75 Å². The first-order valence-corrected chi connectivity index (χ1v) is 8.01. The first kappa shape index (κ1) is 14.6. The van der Waals surface area contributed by atoms with Crippen molar-refractivity contribution in [1.82, 2.24) is 9.78 Å². The molecule has 0 aliphatic carbocycles. The number of benzene rings is 2. The Hall–Kier alpha value is -2.29. The highest BCUT2D eigenvalue weighted by atomic mass is 16.5. The standard InChI is InChI=1S/C19H22N2O/c1-3-5-6-15-7-9-17(10-8-15)21-14-16-13-18(22-4-2)11-12-19(16)20-21/h7-14H,3-6H2,1-2H3. The maximum absolute atomic E-state index is 5.55. The minimum atomic E-state index is 0.679. The highest BCUT2D eigenvalue weighted by Crippen LogP contribution is 2.21. The van der Waals surface area contributed by atoms with Crippen molar-refractivity contribution in [3.8, 4) is 11.4 Å². The van der Waals surface area contributed by atoms with E-state index in [-0.39, 0.29) is 0 Å². The summed E-state index contributed by atoms with van der Waals surface area (Å²) in [5, 5.41) is 5.74. The number of aromatic nitrogens is 2. The molecular formula is C19H22N2O. The van der Waals surface area contributed by atoms with Crippen molar-refractivity contribution < 1.29 is 4.74 Å². The molecule has 114 valence electrons. The van der Waals surface area contributed by atoms with Crippen LogP contribution in [-0.4, -0.2) is 16.4 Å². The molecule has 0 aliphatic rings. The largest absolute Gasteiger partial charge is 0.494 e. The third kappa shape index (κ3) is 3.14. The molecule has 22 heavy (non-hydrogen) atoms. The molecule has 0 saturated heterocycles. The Morgan fingerprint density at radius 2 is 1.86 bits per heavy atom. The molecule has 0 unspecified atom stereocenters. The minimum absolute atomic E-state index is 0.679. The van der Waals surface area contributed by atoms with Crippen molar-refractivity contribution in [2.75, 3.05) is 6.61 Å². The number of fused-ring (bicyclic) bond motifs is 1. The van der Waals surface area contributed by atoms with Gasteiger partial charge in [-0.25, -0.2) is 4.68 Å². The zero-order valence-electron chi connectivity index (χ0n) is 13.2. The molecule has 1 heterocycles. The number of hydrogen-bond donors (Lipinski definition) is 0. The van der Waals surface area contributed by atoms with E-state index >= 15 is 0 Å². The van der Waals surface area contributed by atoms with Crippen LogP contribution in [-0.2, 0) is 6.42 Å². The van der Waals surface area contributed by atoms with Gasteiger partial charge in [-0.05, 0) is 55.7 Å². The number of aryl methyl sites for hydroxylation is 1. The van der Waals surface area contributed by atoms with E-state index in [1.165, 1.54) is 18.4 Å². The lowest BCUT2D eigenvalue weighted by Crippen LogP contribution is -1.94. The Morgan fingerprint density at radius 1 is 1.05 bits per heavy atom. The van der Waals surface area contributed by atoms with E-state index in [2.05, 4.69) is 42.5 Å². The SMILES string of the molecule is CCCCc1ccc(-n2cc3cc(OCC)ccc3n2)cc1. The van der Waals surface area contributed by atoms with Crippen LogP contribution >= 0.6 is 0 Å². The fourth-order valence-electron chi connectivity index (χ4n) is 2.59. The van der Waals surface area contributed by atoms with E-state index in [0.717, 1.165) is 28.8 Å². The number of hydrogen-bond acceptors (Lipinski definition) is 2. The van der Waals surface area contributed by atoms with Crippen LogP contribution in [0.5, 0.6) is 5.75 Å². The lowest BCUT2D eigenvalue weighted by atomic mass is 10.1. The Kier molecular flexibility index (Phi) is 4.42. The zero-order chi connectivity index (χ0) is 15.4. The average Bonchev–Trinajstić information content (AvgIpc) is 2.97. The summed E-state index contributed by atoms with van der Waals surface area (Å²) in [6.07, 6.45) is 5.67. The second-order valence-corrected chi connectivity index (χ2v) is 5.50. The Balaban J connectivity index is 1.86. The molecule has 3 rings (SSSR count). The highest BCUT2D eigenvalue weighted by Gasteiger charge is 2.04. The van der Waals surface area contributed by atoms with Gasteiger partial charge in [0.15, 0.2) is 0 Å². The smallest absolute Gasteiger partial charge is 0.120 e. The van der Waals surface area contributed by atoms with Gasteiger partial charge in [0, 0.05) is 11.6 Å². The molecular weight excluding hydrogens is 272 g/mol. The number of nitrogens with zero attached hydrogens (tertiary/aromatic N) is 2. The predicted molar refractivity (Wildman–Crippen MR) is 90.9 cm³/mol. The second kappa shape index (κ2) is 6.65. The molecule has 0 spiro atoms. The monoisotopic (exact) mass is 294 g/mol. The summed E-state index contributed by atoms with van der Waals surface area (Å²) in [4.78, 5) is 0. The summed E-state index contributed by atoms with van der Waals surface area (Å²) in [7, 11) is 0.